The minimum atomic E-state index is -3.58. The lowest BCUT2D eigenvalue weighted by atomic mass is 10.1. The number of sulfonamides is 1. The van der Waals surface area contributed by atoms with Gasteiger partial charge in [0.25, 0.3) is 0 Å². The Morgan fingerprint density at radius 3 is 2.28 bits per heavy atom. The van der Waals surface area contributed by atoms with Gasteiger partial charge < -0.3 is 19.7 Å². The highest BCUT2D eigenvalue weighted by Crippen LogP contribution is 2.24. The molecule has 9 nitrogen and oxygen atoms in total. The molecule has 0 bridgehead atoms. The van der Waals surface area contributed by atoms with Gasteiger partial charge in [-0.3, -0.25) is 13.9 Å². The molecule has 2 aromatic carbocycles. The fourth-order valence-electron chi connectivity index (χ4n) is 3.72. The number of carbonyl (C=O) groups is 2. The molecule has 2 amide bonds. The Bertz CT molecular complexity index is 1120. The first kappa shape index (κ1) is 29.0. The van der Waals surface area contributed by atoms with E-state index < -0.39 is 16.1 Å². The van der Waals surface area contributed by atoms with E-state index in [9.17, 15) is 18.0 Å². The molecule has 0 unspecified atom stereocenters. The molecule has 0 fully saturated rings. The number of hydrogen-bond donors (Lipinski definition) is 1. The van der Waals surface area contributed by atoms with Gasteiger partial charge in [-0.05, 0) is 49.6 Å². The summed E-state index contributed by atoms with van der Waals surface area (Å²) in [5.74, 6) is 0.719. The number of rotatable bonds is 14. The summed E-state index contributed by atoms with van der Waals surface area (Å²) in [6, 6.07) is 13.4. The maximum absolute atomic E-state index is 13.3. The molecule has 0 aromatic heterocycles. The topological polar surface area (TPSA) is 105 Å². The van der Waals surface area contributed by atoms with E-state index in [-0.39, 0.29) is 37.7 Å². The zero-order valence-electron chi connectivity index (χ0n) is 21.7. The fraction of sp³-hybridized carbons (Fsp3) is 0.462. The zero-order valence-corrected chi connectivity index (χ0v) is 22.5. The van der Waals surface area contributed by atoms with Crippen molar-refractivity contribution in [3.8, 4) is 11.5 Å². The summed E-state index contributed by atoms with van der Waals surface area (Å²) in [6.45, 7) is 4.51. The summed E-state index contributed by atoms with van der Waals surface area (Å²) in [6.07, 6.45) is 2.27. The van der Waals surface area contributed by atoms with Crippen molar-refractivity contribution in [2.75, 3.05) is 37.9 Å². The quantitative estimate of drug-likeness (QED) is 0.411. The predicted octanol–water partition coefficient (Wildman–Crippen LogP) is 3.19. The standard InChI is InChI=1S/C26H37N3O6S/c1-6-15-27-26(31)20(2)28(19-21-10-7-12-23(17-21)34-3)25(30)14-9-16-29(36(5,32)33)22-11-8-13-24(18-22)35-4/h7-8,10-13,17-18,20H,6,9,14-16,19H2,1-5H3,(H,27,31)/t20-/m0/s1. The molecule has 0 aliphatic heterocycles. The number of methoxy groups -OCH3 is 2. The number of anilines is 1. The van der Waals surface area contributed by atoms with Gasteiger partial charge in [-0.1, -0.05) is 25.1 Å². The molecule has 10 heteroatoms. The van der Waals surface area contributed by atoms with Crippen molar-refractivity contribution in [1.29, 1.82) is 0 Å². The third-order valence-corrected chi connectivity index (χ3v) is 6.89. The lowest BCUT2D eigenvalue weighted by molar-refractivity contribution is -0.140. The highest BCUT2D eigenvalue weighted by atomic mass is 32.2. The van der Waals surface area contributed by atoms with Gasteiger partial charge in [-0.25, -0.2) is 8.42 Å². The third kappa shape index (κ3) is 8.44. The summed E-state index contributed by atoms with van der Waals surface area (Å²) in [4.78, 5) is 27.5. The predicted molar refractivity (Wildman–Crippen MR) is 141 cm³/mol. The van der Waals surface area contributed by atoms with Gasteiger partial charge in [-0.2, -0.15) is 0 Å². The van der Waals surface area contributed by atoms with Crippen LogP contribution in [0.1, 0.15) is 38.7 Å². The number of carbonyl (C=O) groups excluding carboxylic acids is 2. The van der Waals surface area contributed by atoms with Crippen molar-refractivity contribution in [3.05, 3.63) is 54.1 Å². The molecule has 1 atom stereocenters. The molecule has 0 saturated carbocycles. The van der Waals surface area contributed by atoms with E-state index >= 15 is 0 Å². The van der Waals surface area contributed by atoms with E-state index in [0.29, 0.717) is 23.7 Å². The van der Waals surface area contributed by atoms with Gasteiger partial charge in [0.1, 0.15) is 17.5 Å². The van der Waals surface area contributed by atoms with E-state index in [1.54, 1.807) is 38.3 Å². The van der Waals surface area contributed by atoms with Crippen LogP contribution in [0.15, 0.2) is 48.5 Å². The molecule has 0 spiro atoms. The van der Waals surface area contributed by atoms with Gasteiger partial charge in [0.15, 0.2) is 0 Å². The minimum Gasteiger partial charge on any atom is -0.497 e. The Morgan fingerprint density at radius 1 is 1.03 bits per heavy atom. The molecule has 0 saturated heterocycles. The van der Waals surface area contributed by atoms with Crippen LogP contribution >= 0.6 is 0 Å². The van der Waals surface area contributed by atoms with Crippen LogP contribution in [0.3, 0.4) is 0 Å². The molecule has 198 valence electrons. The summed E-state index contributed by atoms with van der Waals surface area (Å²) in [5.41, 5.74) is 1.29. The maximum Gasteiger partial charge on any atom is 0.242 e. The smallest absolute Gasteiger partial charge is 0.242 e. The lowest BCUT2D eigenvalue weighted by Gasteiger charge is -2.29. The second kappa shape index (κ2) is 13.7. The van der Waals surface area contributed by atoms with E-state index in [4.69, 9.17) is 9.47 Å². The normalized spacial score (nSPS) is 11.9. The van der Waals surface area contributed by atoms with Crippen LogP contribution in [0.25, 0.3) is 0 Å². The van der Waals surface area contributed by atoms with Crippen LogP contribution < -0.4 is 19.1 Å². The van der Waals surface area contributed by atoms with Crippen LogP contribution in [0.5, 0.6) is 11.5 Å². The number of hydrogen-bond acceptors (Lipinski definition) is 6. The first-order valence-electron chi connectivity index (χ1n) is 11.9. The van der Waals surface area contributed by atoms with Gasteiger partial charge in [0.2, 0.25) is 21.8 Å². The second-order valence-corrected chi connectivity index (χ2v) is 10.4. The Kier molecular flexibility index (Phi) is 11.0. The summed E-state index contributed by atoms with van der Waals surface area (Å²) < 4.78 is 36.7. The van der Waals surface area contributed by atoms with E-state index in [2.05, 4.69) is 5.32 Å². The van der Waals surface area contributed by atoms with E-state index in [1.165, 1.54) is 16.3 Å². The van der Waals surface area contributed by atoms with Gasteiger partial charge in [-0.15, -0.1) is 0 Å². The van der Waals surface area contributed by atoms with E-state index in [1.807, 2.05) is 31.2 Å². The molecular formula is C26H37N3O6S. The number of nitrogens with zero attached hydrogens (tertiary/aromatic N) is 2. The molecule has 0 aliphatic rings. The monoisotopic (exact) mass is 519 g/mol. The lowest BCUT2D eigenvalue weighted by Crippen LogP contribution is -2.47. The van der Waals surface area contributed by atoms with Gasteiger partial charge in [0.05, 0.1) is 26.2 Å². The third-order valence-electron chi connectivity index (χ3n) is 5.70. The van der Waals surface area contributed by atoms with Crippen molar-refractivity contribution in [3.63, 3.8) is 0 Å². The largest absolute Gasteiger partial charge is 0.497 e. The zero-order chi connectivity index (χ0) is 26.7. The average molecular weight is 520 g/mol. The second-order valence-electron chi connectivity index (χ2n) is 8.48. The maximum atomic E-state index is 13.3. The Balaban J connectivity index is 2.18. The van der Waals surface area contributed by atoms with Crippen LogP contribution in [0.4, 0.5) is 5.69 Å². The average Bonchev–Trinajstić information content (AvgIpc) is 2.87. The Labute approximate surface area is 214 Å². The van der Waals surface area contributed by atoms with Crippen molar-refractivity contribution in [1.82, 2.24) is 10.2 Å². The van der Waals surface area contributed by atoms with Crippen molar-refractivity contribution in [2.45, 2.75) is 45.7 Å². The van der Waals surface area contributed by atoms with Crippen molar-refractivity contribution < 1.29 is 27.5 Å². The van der Waals surface area contributed by atoms with Crippen molar-refractivity contribution in [2.24, 2.45) is 0 Å². The van der Waals surface area contributed by atoms with Gasteiger partial charge in [0, 0.05) is 32.1 Å². The molecule has 2 aromatic rings. The highest BCUT2D eigenvalue weighted by molar-refractivity contribution is 7.92. The Hall–Kier alpha value is -3.27. The number of benzene rings is 2. The molecular weight excluding hydrogens is 482 g/mol. The Morgan fingerprint density at radius 2 is 1.67 bits per heavy atom. The number of ether oxygens (including phenoxy) is 2. The van der Waals surface area contributed by atoms with Crippen LogP contribution in [-0.4, -0.2) is 64.7 Å². The molecule has 0 aliphatic carbocycles. The minimum absolute atomic E-state index is 0.0748. The van der Waals surface area contributed by atoms with Crippen LogP contribution in [0.2, 0.25) is 0 Å². The van der Waals surface area contributed by atoms with Crippen molar-refractivity contribution >= 4 is 27.5 Å². The first-order valence-corrected chi connectivity index (χ1v) is 13.8. The summed E-state index contributed by atoms with van der Waals surface area (Å²) in [5, 5.41) is 2.85. The molecule has 36 heavy (non-hydrogen) atoms. The fourth-order valence-corrected chi connectivity index (χ4v) is 4.67. The first-order chi connectivity index (χ1) is 17.1. The van der Waals surface area contributed by atoms with Crippen LogP contribution in [-0.2, 0) is 26.2 Å². The van der Waals surface area contributed by atoms with Gasteiger partial charge >= 0.3 is 0 Å². The molecule has 1 N–H and O–H groups in total. The summed E-state index contributed by atoms with van der Waals surface area (Å²) in [7, 11) is -0.503. The highest BCUT2D eigenvalue weighted by Gasteiger charge is 2.26. The molecule has 2 rings (SSSR count). The van der Waals surface area contributed by atoms with Crippen LogP contribution in [0, 0.1) is 0 Å². The molecule has 0 heterocycles. The number of amides is 2. The summed E-state index contributed by atoms with van der Waals surface area (Å²) >= 11 is 0. The SMILES string of the molecule is CCCNC(=O)[C@H](C)N(Cc1cccc(OC)c1)C(=O)CCCN(c1cccc(OC)c1)S(C)(=O)=O. The number of nitrogens with one attached hydrogen (secondary N) is 1. The van der Waals surface area contributed by atoms with E-state index in [0.717, 1.165) is 18.2 Å². The molecule has 0 radical (unpaired) electrons.